The highest BCUT2D eigenvalue weighted by molar-refractivity contribution is 6.35. The Morgan fingerprint density at radius 3 is 2.50 bits per heavy atom. The van der Waals surface area contributed by atoms with E-state index in [-0.39, 0.29) is 16.5 Å². The van der Waals surface area contributed by atoms with Gasteiger partial charge in [0.25, 0.3) is 0 Å². The molecule has 1 aromatic carbocycles. The number of hydrogen-bond donors (Lipinski definition) is 2. The molecule has 8 heteroatoms. The van der Waals surface area contributed by atoms with Crippen molar-refractivity contribution in [2.45, 2.75) is 13.3 Å². The average Bonchev–Trinajstić information content (AvgIpc) is 2.54. The number of aromatic nitrogens is 3. The Morgan fingerprint density at radius 2 is 1.88 bits per heavy atom. The van der Waals surface area contributed by atoms with Crippen molar-refractivity contribution in [2.24, 2.45) is 0 Å². The van der Waals surface area contributed by atoms with Gasteiger partial charge in [0.1, 0.15) is 11.3 Å². The monoisotopic (exact) mass is 362 g/mol. The van der Waals surface area contributed by atoms with Crippen LogP contribution in [0.5, 0.6) is 0 Å². The third kappa shape index (κ3) is 3.25. The quantitative estimate of drug-likeness (QED) is 0.707. The first-order valence-electron chi connectivity index (χ1n) is 7.11. The number of hydrogen-bond acceptors (Lipinski definition) is 4. The summed E-state index contributed by atoms with van der Waals surface area (Å²) in [5.41, 5.74) is 2.99. The molecular formula is C16H12Cl2N4O2. The van der Waals surface area contributed by atoms with Crippen LogP contribution < -0.4 is 5.32 Å². The highest BCUT2D eigenvalue weighted by atomic mass is 35.5. The van der Waals surface area contributed by atoms with Gasteiger partial charge in [-0.2, -0.15) is 0 Å². The van der Waals surface area contributed by atoms with E-state index in [1.54, 1.807) is 12.1 Å². The molecule has 2 aromatic heterocycles. The van der Waals surface area contributed by atoms with Crippen molar-refractivity contribution < 1.29 is 9.90 Å². The minimum atomic E-state index is -1.23. The van der Waals surface area contributed by atoms with Crippen molar-refractivity contribution in [2.75, 3.05) is 5.32 Å². The number of aryl methyl sites for hydroxylation is 1. The molecule has 0 unspecified atom stereocenters. The molecule has 0 fully saturated rings. The lowest BCUT2D eigenvalue weighted by atomic mass is 10.1. The van der Waals surface area contributed by atoms with Crippen LogP contribution in [0.15, 0.2) is 30.3 Å². The fourth-order valence-corrected chi connectivity index (χ4v) is 2.65. The lowest BCUT2D eigenvalue weighted by molar-refractivity contribution is 0.209. The Kier molecular flexibility index (Phi) is 4.51. The Morgan fingerprint density at radius 1 is 1.17 bits per heavy atom. The first-order valence-corrected chi connectivity index (χ1v) is 7.86. The highest BCUT2D eigenvalue weighted by Gasteiger charge is 2.14. The predicted molar refractivity (Wildman–Crippen MR) is 93.8 cm³/mol. The number of carbonyl (C=O) groups is 1. The van der Waals surface area contributed by atoms with E-state index in [4.69, 9.17) is 28.3 Å². The van der Waals surface area contributed by atoms with Gasteiger partial charge >= 0.3 is 6.09 Å². The zero-order valence-electron chi connectivity index (χ0n) is 12.5. The molecule has 0 aliphatic carbocycles. The summed E-state index contributed by atoms with van der Waals surface area (Å²) in [4.78, 5) is 24.1. The third-order valence-corrected chi connectivity index (χ3v) is 3.89. The van der Waals surface area contributed by atoms with Gasteiger partial charge in [0.2, 0.25) is 0 Å². The molecule has 0 aliphatic heterocycles. The number of carboxylic acid groups (broad SMARTS) is 1. The molecule has 3 rings (SSSR count). The summed E-state index contributed by atoms with van der Waals surface area (Å²) in [6.07, 6.45) is -0.569. The van der Waals surface area contributed by atoms with Gasteiger partial charge < -0.3 is 5.11 Å². The van der Waals surface area contributed by atoms with Crippen molar-refractivity contribution in [3.8, 4) is 11.3 Å². The number of rotatable bonds is 3. The van der Waals surface area contributed by atoms with Crippen molar-refractivity contribution in [1.29, 1.82) is 0 Å². The van der Waals surface area contributed by atoms with Gasteiger partial charge in [0.15, 0.2) is 5.65 Å². The number of nitrogens with one attached hydrogen (secondary N) is 1. The molecule has 0 saturated heterocycles. The van der Waals surface area contributed by atoms with Crippen LogP contribution in [0.3, 0.4) is 0 Å². The summed E-state index contributed by atoms with van der Waals surface area (Å²) in [6.45, 7) is 1.97. The van der Waals surface area contributed by atoms with Gasteiger partial charge in [-0.05, 0) is 18.6 Å². The summed E-state index contributed by atoms with van der Waals surface area (Å²) in [5.74, 6) is 0.0978. The average molecular weight is 363 g/mol. The van der Waals surface area contributed by atoms with Crippen molar-refractivity contribution in [3.63, 3.8) is 0 Å². The van der Waals surface area contributed by atoms with Crippen molar-refractivity contribution >= 4 is 46.3 Å². The first-order chi connectivity index (χ1) is 11.5. The maximum absolute atomic E-state index is 10.8. The van der Waals surface area contributed by atoms with Gasteiger partial charge in [-0.3, -0.25) is 5.32 Å². The molecule has 0 bridgehead atoms. The fourth-order valence-electron chi connectivity index (χ4n) is 2.29. The minimum Gasteiger partial charge on any atom is -0.465 e. The Bertz CT molecular complexity index is 930. The molecule has 3 aromatic rings. The summed E-state index contributed by atoms with van der Waals surface area (Å²) < 4.78 is 0. The zero-order chi connectivity index (χ0) is 17.3. The van der Waals surface area contributed by atoms with E-state index in [0.29, 0.717) is 22.7 Å². The minimum absolute atomic E-state index is 0.0978. The summed E-state index contributed by atoms with van der Waals surface area (Å²) in [6, 6.07) is 8.64. The normalized spacial score (nSPS) is 10.8. The highest BCUT2D eigenvalue weighted by Crippen LogP contribution is 2.28. The van der Waals surface area contributed by atoms with Gasteiger partial charge in [-0.25, -0.2) is 19.7 Å². The van der Waals surface area contributed by atoms with Crippen LogP contribution in [-0.4, -0.2) is 26.2 Å². The lowest BCUT2D eigenvalue weighted by Gasteiger charge is -2.10. The SMILES string of the molecule is CCc1nc2c(Cl)cc(NC(=O)O)nc2nc1-c1ccc(Cl)cc1. The zero-order valence-corrected chi connectivity index (χ0v) is 14.1. The number of pyridine rings is 1. The lowest BCUT2D eigenvalue weighted by Crippen LogP contribution is -2.09. The second kappa shape index (κ2) is 6.59. The van der Waals surface area contributed by atoms with E-state index in [1.807, 2.05) is 19.1 Å². The van der Waals surface area contributed by atoms with Crippen LogP contribution in [0.4, 0.5) is 10.6 Å². The smallest absolute Gasteiger partial charge is 0.410 e. The summed E-state index contributed by atoms with van der Waals surface area (Å²) in [5, 5.41) is 11.9. The van der Waals surface area contributed by atoms with Gasteiger partial charge in [-0.1, -0.05) is 42.3 Å². The molecule has 0 spiro atoms. The number of anilines is 1. The molecule has 2 N–H and O–H groups in total. The standard InChI is InChI=1S/C16H12Cl2N4O2/c1-2-11-13(8-3-5-9(17)6-4-8)22-15-14(19-11)10(18)7-12(20-15)21-16(23)24/h3-7H,2H2,1H3,(H,23,24)(H,20,21,22). The first kappa shape index (κ1) is 16.4. The Labute approximate surface area is 147 Å². The molecule has 0 saturated carbocycles. The second-order valence-corrected chi connectivity index (χ2v) is 5.81. The molecule has 6 nitrogen and oxygen atoms in total. The number of fused-ring (bicyclic) bond motifs is 1. The second-order valence-electron chi connectivity index (χ2n) is 4.97. The van der Waals surface area contributed by atoms with E-state index < -0.39 is 6.09 Å². The van der Waals surface area contributed by atoms with E-state index in [2.05, 4.69) is 20.3 Å². The maximum Gasteiger partial charge on any atom is 0.410 e. The summed E-state index contributed by atoms with van der Waals surface area (Å²) in [7, 11) is 0. The molecule has 2 heterocycles. The maximum atomic E-state index is 10.8. The number of benzene rings is 1. The van der Waals surface area contributed by atoms with E-state index in [9.17, 15) is 4.79 Å². The van der Waals surface area contributed by atoms with Gasteiger partial charge in [0, 0.05) is 16.7 Å². The molecular weight excluding hydrogens is 351 g/mol. The van der Waals surface area contributed by atoms with Gasteiger partial charge in [-0.15, -0.1) is 0 Å². The van der Waals surface area contributed by atoms with E-state index >= 15 is 0 Å². The van der Waals surface area contributed by atoms with Crippen LogP contribution in [0, 0.1) is 0 Å². The van der Waals surface area contributed by atoms with Crippen LogP contribution >= 0.6 is 23.2 Å². The largest absolute Gasteiger partial charge is 0.465 e. The number of halogens is 2. The van der Waals surface area contributed by atoms with Crippen LogP contribution in [0.2, 0.25) is 10.0 Å². The number of amides is 1. The van der Waals surface area contributed by atoms with Crippen molar-refractivity contribution in [1.82, 2.24) is 15.0 Å². The molecule has 1 amide bonds. The Balaban J connectivity index is 2.21. The summed E-state index contributed by atoms with van der Waals surface area (Å²) >= 11 is 12.1. The molecule has 122 valence electrons. The van der Waals surface area contributed by atoms with Crippen LogP contribution in [0.1, 0.15) is 12.6 Å². The van der Waals surface area contributed by atoms with E-state index in [1.165, 1.54) is 6.07 Å². The molecule has 0 radical (unpaired) electrons. The van der Waals surface area contributed by atoms with Gasteiger partial charge in [0.05, 0.1) is 16.4 Å². The fraction of sp³-hybridized carbons (Fsp3) is 0.125. The van der Waals surface area contributed by atoms with Crippen LogP contribution in [-0.2, 0) is 6.42 Å². The third-order valence-electron chi connectivity index (χ3n) is 3.35. The molecule has 0 aliphatic rings. The topological polar surface area (TPSA) is 88.0 Å². The van der Waals surface area contributed by atoms with Crippen LogP contribution in [0.25, 0.3) is 22.4 Å². The molecule has 24 heavy (non-hydrogen) atoms. The van der Waals surface area contributed by atoms with E-state index in [0.717, 1.165) is 11.3 Å². The van der Waals surface area contributed by atoms with Crippen molar-refractivity contribution in [3.05, 3.63) is 46.1 Å². The molecule has 0 atom stereocenters. The predicted octanol–water partition coefficient (Wildman–Crippen LogP) is 4.65. The Hall–Kier alpha value is -2.44. The number of nitrogens with zero attached hydrogens (tertiary/aromatic N) is 3.